The van der Waals surface area contributed by atoms with Gasteiger partial charge >= 0.3 is 0 Å². The second-order valence-electron chi connectivity index (χ2n) is 7.30. The van der Waals surface area contributed by atoms with Gasteiger partial charge in [-0.1, -0.05) is 35.5 Å². The molecule has 0 saturated carbocycles. The zero-order valence-electron chi connectivity index (χ0n) is 17.8. The van der Waals surface area contributed by atoms with E-state index in [-0.39, 0.29) is 5.91 Å². The van der Waals surface area contributed by atoms with Crippen LogP contribution in [0.15, 0.2) is 33.9 Å². The fourth-order valence-electron chi connectivity index (χ4n) is 3.56. The SMILES string of the molecule is CCn1c(CN2CCCCCC2=O)nnc1SCc1nc(-c2cccc(OC)c2)no1. The Morgan fingerprint density at radius 1 is 1.23 bits per heavy atom. The van der Waals surface area contributed by atoms with Gasteiger partial charge in [0.1, 0.15) is 5.75 Å². The van der Waals surface area contributed by atoms with Gasteiger partial charge in [-0.3, -0.25) is 4.79 Å². The molecule has 2 aromatic heterocycles. The third-order valence-electron chi connectivity index (χ3n) is 5.23. The summed E-state index contributed by atoms with van der Waals surface area (Å²) in [5.41, 5.74) is 0.834. The van der Waals surface area contributed by atoms with Crippen LogP contribution in [0.3, 0.4) is 0 Å². The number of amides is 1. The van der Waals surface area contributed by atoms with Crippen molar-refractivity contribution in [2.24, 2.45) is 0 Å². The predicted octanol–water partition coefficient (Wildman–Crippen LogP) is 3.55. The van der Waals surface area contributed by atoms with Gasteiger partial charge in [0.25, 0.3) is 0 Å². The monoisotopic (exact) mass is 442 g/mol. The molecule has 0 N–H and O–H groups in total. The zero-order valence-corrected chi connectivity index (χ0v) is 18.6. The van der Waals surface area contributed by atoms with Crippen LogP contribution in [-0.2, 0) is 23.6 Å². The van der Waals surface area contributed by atoms with E-state index < -0.39 is 0 Å². The van der Waals surface area contributed by atoms with E-state index in [2.05, 4.69) is 27.3 Å². The first-order valence-electron chi connectivity index (χ1n) is 10.5. The Morgan fingerprint density at radius 3 is 2.97 bits per heavy atom. The molecule has 0 aliphatic carbocycles. The van der Waals surface area contributed by atoms with Crippen LogP contribution in [0.25, 0.3) is 11.4 Å². The molecular formula is C21H26N6O3S. The van der Waals surface area contributed by atoms with Crippen LogP contribution in [-0.4, -0.2) is 49.4 Å². The topological polar surface area (TPSA) is 99.2 Å². The van der Waals surface area contributed by atoms with Crippen molar-refractivity contribution in [3.8, 4) is 17.1 Å². The van der Waals surface area contributed by atoms with Crippen molar-refractivity contribution in [1.82, 2.24) is 29.8 Å². The van der Waals surface area contributed by atoms with Gasteiger partial charge < -0.3 is 18.7 Å². The molecule has 164 valence electrons. The Labute approximate surface area is 185 Å². The molecule has 0 unspecified atom stereocenters. The number of benzene rings is 1. The summed E-state index contributed by atoms with van der Waals surface area (Å²) in [5.74, 6) is 3.27. The van der Waals surface area contributed by atoms with Gasteiger partial charge in [-0.15, -0.1) is 10.2 Å². The van der Waals surface area contributed by atoms with Crippen LogP contribution in [0.2, 0.25) is 0 Å². The highest BCUT2D eigenvalue weighted by Crippen LogP contribution is 2.25. The molecule has 1 amide bonds. The molecule has 4 rings (SSSR count). The summed E-state index contributed by atoms with van der Waals surface area (Å²) >= 11 is 1.49. The lowest BCUT2D eigenvalue weighted by atomic mass is 10.2. The third-order valence-corrected chi connectivity index (χ3v) is 6.19. The van der Waals surface area contributed by atoms with Crippen LogP contribution < -0.4 is 4.74 Å². The molecule has 0 bridgehead atoms. The second-order valence-corrected chi connectivity index (χ2v) is 8.24. The first-order valence-corrected chi connectivity index (χ1v) is 11.5. The molecule has 9 nitrogen and oxygen atoms in total. The Balaban J connectivity index is 1.42. The summed E-state index contributed by atoms with van der Waals surface area (Å²) in [6.07, 6.45) is 3.74. The summed E-state index contributed by atoms with van der Waals surface area (Å²) in [4.78, 5) is 18.7. The molecule has 1 aliphatic heterocycles. The number of hydrogen-bond donors (Lipinski definition) is 0. The highest BCUT2D eigenvalue weighted by molar-refractivity contribution is 7.98. The van der Waals surface area contributed by atoms with Gasteiger partial charge in [-0.2, -0.15) is 4.98 Å². The number of rotatable bonds is 8. The normalized spacial score (nSPS) is 14.6. The summed E-state index contributed by atoms with van der Waals surface area (Å²) < 4.78 is 12.7. The van der Waals surface area contributed by atoms with E-state index in [4.69, 9.17) is 9.26 Å². The van der Waals surface area contributed by atoms with Crippen molar-refractivity contribution in [2.45, 2.75) is 56.6 Å². The first-order chi connectivity index (χ1) is 15.2. The molecule has 3 aromatic rings. The fourth-order valence-corrected chi connectivity index (χ4v) is 4.41. The van der Waals surface area contributed by atoms with Gasteiger partial charge in [-0.05, 0) is 31.9 Å². The van der Waals surface area contributed by atoms with Crippen molar-refractivity contribution >= 4 is 17.7 Å². The molecule has 0 atom stereocenters. The maximum absolute atomic E-state index is 12.3. The Hall–Kier alpha value is -2.88. The Morgan fingerprint density at radius 2 is 2.13 bits per heavy atom. The Kier molecular flexibility index (Phi) is 6.86. The largest absolute Gasteiger partial charge is 0.497 e. The average molecular weight is 443 g/mol. The quantitative estimate of drug-likeness (QED) is 0.488. The minimum absolute atomic E-state index is 0.202. The molecule has 1 fully saturated rings. The fraction of sp³-hybridized carbons (Fsp3) is 0.476. The van der Waals surface area contributed by atoms with Crippen molar-refractivity contribution in [3.05, 3.63) is 36.0 Å². The summed E-state index contributed by atoms with van der Waals surface area (Å²) in [6.45, 7) is 4.06. The highest BCUT2D eigenvalue weighted by Gasteiger charge is 2.21. The van der Waals surface area contributed by atoms with Crippen molar-refractivity contribution < 1.29 is 14.1 Å². The van der Waals surface area contributed by atoms with Gasteiger partial charge in [0, 0.05) is 25.1 Å². The highest BCUT2D eigenvalue weighted by atomic mass is 32.2. The smallest absolute Gasteiger partial charge is 0.237 e. The van der Waals surface area contributed by atoms with Gasteiger partial charge in [0.15, 0.2) is 11.0 Å². The lowest BCUT2D eigenvalue weighted by Gasteiger charge is -2.20. The van der Waals surface area contributed by atoms with E-state index in [1.165, 1.54) is 11.8 Å². The number of nitrogens with zero attached hydrogens (tertiary/aromatic N) is 6. The molecule has 10 heteroatoms. The van der Waals surface area contributed by atoms with E-state index in [9.17, 15) is 4.79 Å². The molecule has 31 heavy (non-hydrogen) atoms. The molecule has 1 aromatic carbocycles. The van der Waals surface area contributed by atoms with Crippen LogP contribution in [0, 0.1) is 0 Å². The molecule has 1 saturated heterocycles. The minimum atomic E-state index is 0.202. The van der Waals surface area contributed by atoms with Crippen molar-refractivity contribution in [3.63, 3.8) is 0 Å². The molecule has 0 radical (unpaired) electrons. The number of methoxy groups -OCH3 is 1. The van der Waals surface area contributed by atoms with Crippen molar-refractivity contribution in [2.75, 3.05) is 13.7 Å². The lowest BCUT2D eigenvalue weighted by Crippen LogP contribution is -2.31. The van der Waals surface area contributed by atoms with Gasteiger partial charge in [0.2, 0.25) is 17.6 Å². The van der Waals surface area contributed by atoms with Crippen LogP contribution in [0.1, 0.15) is 44.3 Å². The van der Waals surface area contributed by atoms with Gasteiger partial charge in [-0.25, -0.2) is 0 Å². The molecule has 0 spiro atoms. The number of carbonyl (C=O) groups excluding carboxylic acids is 1. The van der Waals surface area contributed by atoms with Crippen LogP contribution in [0.4, 0.5) is 0 Å². The average Bonchev–Trinajstić information content (AvgIpc) is 3.37. The number of likely N-dealkylation sites (tertiary alicyclic amines) is 1. The van der Waals surface area contributed by atoms with E-state index >= 15 is 0 Å². The summed E-state index contributed by atoms with van der Waals surface area (Å²) in [6, 6.07) is 7.54. The maximum atomic E-state index is 12.3. The lowest BCUT2D eigenvalue weighted by molar-refractivity contribution is -0.131. The zero-order chi connectivity index (χ0) is 21.6. The Bertz CT molecular complexity index is 1030. The predicted molar refractivity (Wildman–Crippen MR) is 115 cm³/mol. The number of ether oxygens (including phenoxy) is 1. The van der Waals surface area contributed by atoms with Crippen LogP contribution in [0.5, 0.6) is 5.75 Å². The molecule has 3 heterocycles. The van der Waals surface area contributed by atoms with E-state index in [1.807, 2.05) is 33.7 Å². The summed E-state index contributed by atoms with van der Waals surface area (Å²) in [5, 5.41) is 13.5. The maximum Gasteiger partial charge on any atom is 0.237 e. The first kappa shape index (κ1) is 21.4. The minimum Gasteiger partial charge on any atom is -0.497 e. The standard InChI is InChI=1S/C21H26N6O3S/c1-3-27-17(13-26-11-6-4-5-10-19(26)28)23-24-21(27)31-14-18-22-20(25-30-18)15-8-7-9-16(12-15)29-2/h7-9,12H,3-6,10-11,13-14H2,1-2H3. The third kappa shape index (κ3) is 5.07. The van der Waals surface area contributed by atoms with E-state index in [1.54, 1.807) is 7.11 Å². The number of thioether (sulfide) groups is 1. The summed E-state index contributed by atoms with van der Waals surface area (Å²) in [7, 11) is 1.62. The molecular weight excluding hydrogens is 416 g/mol. The number of aromatic nitrogens is 5. The second kappa shape index (κ2) is 9.95. The van der Waals surface area contributed by atoms with Crippen LogP contribution >= 0.6 is 11.8 Å². The number of carbonyl (C=O) groups is 1. The van der Waals surface area contributed by atoms with Gasteiger partial charge in [0.05, 0.1) is 19.4 Å². The van der Waals surface area contributed by atoms with E-state index in [0.717, 1.165) is 54.6 Å². The van der Waals surface area contributed by atoms with E-state index in [0.29, 0.717) is 30.4 Å². The number of hydrogen-bond acceptors (Lipinski definition) is 8. The molecule has 1 aliphatic rings. The van der Waals surface area contributed by atoms with Crippen molar-refractivity contribution in [1.29, 1.82) is 0 Å².